The molecule has 7 rings (SSSR count). The highest BCUT2D eigenvalue weighted by atomic mass is 32.1. The first-order chi connectivity index (χ1) is 25.4. The van der Waals surface area contributed by atoms with Gasteiger partial charge in [-0.3, -0.25) is 24.4 Å². The van der Waals surface area contributed by atoms with E-state index in [4.69, 9.17) is 19.4 Å². The number of fused-ring (bicyclic) bond motifs is 6. The van der Waals surface area contributed by atoms with Crippen LogP contribution in [0.15, 0.2) is 41.9 Å². The number of amides is 2. The van der Waals surface area contributed by atoms with E-state index in [0.29, 0.717) is 32.4 Å². The molecule has 0 spiro atoms. The number of hydrogen-bond donors (Lipinski definition) is 3. The van der Waals surface area contributed by atoms with Gasteiger partial charge in [0.05, 0.1) is 41.4 Å². The Balaban J connectivity index is 1.36. The number of aliphatic hydroxyl groups is 1. The summed E-state index contributed by atoms with van der Waals surface area (Å²) in [7, 11) is 1.67. The van der Waals surface area contributed by atoms with Crippen LogP contribution >= 0.6 is 11.3 Å². The van der Waals surface area contributed by atoms with Crippen LogP contribution in [0.3, 0.4) is 0 Å². The molecule has 3 N–H and O–H groups in total. The van der Waals surface area contributed by atoms with E-state index < -0.39 is 23.5 Å². The SMILES string of the molecule is CO[C@@H](C)c1ncccc1-c1c2c3cc(ccc3n1CCO)-c1csc(n1)CC(NC(=O)C1[C@@H](C)[C@H]1C)C(=O)N1CCC[C@H](N1)C(=O)OCC(C)(C)C2. The first-order valence-electron chi connectivity index (χ1n) is 18.6. The molecule has 2 fully saturated rings. The molecule has 6 atom stereocenters. The molecule has 3 aliphatic rings. The molecule has 2 aliphatic heterocycles. The molecule has 1 saturated carbocycles. The number of benzene rings is 1. The van der Waals surface area contributed by atoms with Crippen LogP contribution in [0.1, 0.15) is 69.8 Å². The van der Waals surface area contributed by atoms with E-state index in [1.165, 1.54) is 16.3 Å². The fourth-order valence-electron chi connectivity index (χ4n) is 7.98. The summed E-state index contributed by atoms with van der Waals surface area (Å²) in [4.78, 5) is 50.8. The molecule has 3 aromatic heterocycles. The van der Waals surface area contributed by atoms with Crippen molar-refractivity contribution in [2.75, 3.05) is 26.9 Å². The van der Waals surface area contributed by atoms with Crippen molar-refractivity contribution < 1.29 is 29.0 Å². The van der Waals surface area contributed by atoms with Gasteiger partial charge in [0.1, 0.15) is 12.1 Å². The predicted octanol–water partition coefficient (Wildman–Crippen LogP) is 5.08. The highest BCUT2D eigenvalue weighted by Gasteiger charge is 2.49. The second kappa shape index (κ2) is 14.9. The van der Waals surface area contributed by atoms with Gasteiger partial charge in [-0.1, -0.05) is 33.8 Å². The number of ether oxygens (including phenoxy) is 2. The van der Waals surface area contributed by atoms with Crippen molar-refractivity contribution in [2.24, 2.45) is 23.2 Å². The maximum Gasteiger partial charge on any atom is 0.324 e. The van der Waals surface area contributed by atoms with Gasteiger partial charge in [0, 0.05) is 71.6 Å². The van der Waals surface area contributed by atoms with Gasteiger partial charge in [0.2, 0.25) is 5.91 Å². The Labute approximate surface area is 314 Å². The van der Waals surface area contributed by atoms with E-state index in [-0.39, 0.29) is 55.3 Å². The van der Waals surface area contributed by atoms with Gasteiger partial charge in [-0.2, -0.15) is 0 Å². The van der Waals surface area contributed by atoms with Crippen molar-refractivity contribution in [1.29, 1.82) is 0 Å². The third-order valence-electron chi connectivity index (χ3n) is 11.3. The molecular formula is C40H50N6O6S. The molecule has 2 unspecified atom stereocenters. The Morgan fingerprint density at radius 3 is 2.75 bits per heavy atom. The summed E-state index contributed by atoms with van der Waals surface area (Å²) < 4.78 is 13.9. The van der Waals surface area contributed by atoms with Crippen molar-refractivity contribution in [3.63, 3.8) is 0 Å². The summed E-state index contributed by atoms with van der Waals surface area (Å²) >= 11 is 1.46. The number of esters is 1. The van der Waals surface area contributed by atoms with Crippen molar-refractivity contribution in [2.45, 2.75) is 85.0 Å². The Hall–Kier alpha value is -4.17. The van der Waals surface area contributed by atoms with Crippen LogP contribution < -0.4 is 10.7 Å². The van der Waals surface area contributed by atoms with E-state index in [2.05, 4.69) is 55.1 Å². The smallest absolute Gasteiger partial charge is 0.324 e. The summed E-state index contributed by atoms with van der Waals surface area (Å²) in [5, 5.41) is 18.6. The maximum atomic E-state index is 14.1. The number of carbonyl (C=O) groups excluding carboxylic acids is 3. The second-order valence-corrected chi connectivity index (χ2v) is 16.6. The Bertz CT molecular complexity index is 2020. The first kappa shape index (κ1) is 37.2. The normalized spacial score (nSPS) is 25.1. The molecule has 5 heterocycles. The highest BCUT2D eigenvalue weighted by molar-refractivity contribution is 7.10. The van der Waals surface area contributed by atoms with E-state index >= 15 is 0 Å². The van der Waals surface area contributed by atoms with E-state index in [0.717, 1.165) is 49.7 Å². The first-order valence-corrected chi connectivity index (χ1v) is 19.5. The van der Waals surface area contributed by atoms with Gasteiger partial charge in [0.15, 0.2) is 0 Å². The Morgan fingerprint density at radius 1 is 1.23 bits per heavy atom. The molecule has 1 aliphatic carbocycles. The molecule has 53 heavy (non-hydrogen) atoms. The van der Waals surface area contributed by atoms with Crippen molar-refractivity contribution in [3.8, 4) is 22.5 Å². The average molecular weight is 743 g/mol. The highest BCUT2D eigenvalue weighted by Crippen LogP contribution is 2.46. The number of hydrazine groups is 1. The molecule has 12 nitrogen and oxygen atoms in total. The lowest BCUT2D eigenvalue weighted by molar-refractivity contribution is -0.155. The second-order valence-electron chi connectivity index (χ2n) is 15.6. The van der Waals surface area contributed by atoms with Crippen molar-refractivity contribution in [1.82, 2.24) is 30.3 Å². The maximum absolute atomic E-state index is 14.1. The number of cyclic esters (lactones) is 1. The summed E-state index contributed by atoms with van der Waals surface area (Å²) in [6.45, 7) is 11.1. The lowest BCUT2D eigenvalue weighted by atomic mass is 9.84. The van der Waals surface area contributed by atoms with Gasteiger partial charge >= 0.3 is 5.97 Å². The molecular weight excluding hydrogens is 693 g/mol. The topological polar surface area (TPSA) is 148 Å². The summed E-state index contributed by atoms with van der Waals surface area (Å²) in [6.07, 6.45) is 3.39. The Morgan fingerprint density at radius 2 is 2.02 bits per heavy atom. The third-order valence-corrected chi connectivity index (χ3v) is 12.2. The number of rotatable bonds is 7. The number of aliphatic hydroxyl groups excluding tert-OH is 1. The zero-order chi connectivity index (χ0) is 37.6. The van der Waals surface area contributed by atoms with Gasteiger partial charge in [0.25, 0.3) is 5.91 Å². The molecule has 0 radical (unpaired) electrons. The molecule has 1 aromatic carbocycles. The minimum absolute atomic E-state index is 0.0652. The lowest BCUT2D eigenvalue weighted by Crippen LogP contribution is -2.60. The standard InChI is InChI=1S/C40H50N6O6S/c1-22-23(2)34(22)37(48)43-30-18-33-42-31(20-53-33)25-11-12-32-27(17-25)28(36(45(32)15-16-47)26-9-7-13-41-35(26)24(3)51-6)19-40(4,5)21-52-39(50)29-10-8-14-46(44-29)38(30)49/h7,9,11-13,17,20,22-24,29-30,34,44,47H,8,10,14-16,18-19,21H2,1-6H3,(H,43,48)/t22-,23+,24-,29-,30?,34?/m0/s1. The van der Waals surface area contributed by atoms with E-state index in [1.807, 2.05) is 30.5 Å². The van der Waals surface area contributed by atoms with Crippen LogP contribution in [0.2, 0.25) is 0 Å². The van der Waals surface area contributed by atoms with Gasteiger partial charge < -0.3 is 24.5 Å². The third kappa shape index (κ3) is 7.36. The van der Waals surface area contributed by atoms with E-state index in [1.54, 1.807) is 13.3 Å². The monoisotopic (exact) mass is 742 g/mol. The van der Waals surface area contributed by atoms with Gasteiger partial charge in [-0.05, 0) is 67.9 Å². The molecule has 282 valence electrons. The number of thiazole rings is 1. The summed E-state index contributed by atoms with van der Waals surface area (Å²) in [5.41, 5.74) is 8.94. The van der Waals surface area contributed by atoms with Crippen LogP contribution in [0.5, 0.6) is 0 Å². The van der Waals surface area contributed by atoms with Gasteiger partial charge in [-0.15, -0.1) is 11.3 Å². The van der Waals surface area contributed by atoms with E-state index in [9.17, 15) is 19.5 Å². The van der Waals surface area contributed by atoms with Crippen molar-refractivity contribution in [3.05, 3.63) is 58.2 Å². The summed E-state index contributed by atoms with van der Waals surface area (Å²) in [5.74, 6) is -0.462. The lowest BCUT2D eigenvalue weighted by Gasteiger charge is -2.35. The number of nitrogens with zero attached hydrogens (tertiary/aromatic N) is 4. The molecule has 13 heteroatoms. The zero-order valence-corrected chi connectivity index (χ0v) is 32.2. The van der Waals surface area contributed by atoms with Crippen LogP contribution in [-0.4, -0.2) is 81.4 Å². The van der Waals surface area contributed by atoms with Crippen LogP contribution in [0.4, 0.5) is 0 Å². The number of aromatic nitrogens is 3. The number of hydrogen-bond acceptors (Lipinski definition) is 10. The largest absolute Gasteiger partial charge is 0.464 e. The number of nitrogens with one attached hydrogen (secondary N) is 2. The van der Waals surface area contributed by atoms with Crippen LogP contribution in [-0.2, 0) is 43.2 Å². The number of methoxy groups -OCH3 is 1. The molecule has 2 amide bonds. The predicted molar refractivity (Wildman–Crippen MR) is 203 cm³/mol. The Kier molecular flexibility index (Phi) is 10.5. The van der Waals surface area contributed by atoms with Crippen molar-refractivity contribution >= 4 is 40.0 Å². The fourth-order valence-corrected chi connectivity index (χ4v) is 8.83. The minimum atomic E-state index is -0.853. The zero-order valence-electron chi connectivity index (χ0n) is 31.3. The molecule has 1 saturated heterocycles. The summed E-state index contributed by atoms with van der Waals surface area (Å²) in [6, 6.07) is 8.65. The van der Waals surface area contributed by atoms with Crippen LogP contribution in [0.25, 0.3) is 33.4 Å². The number of carbonyl (C=O) groups is 3. The molecule has 6 bridgehead atoms. The molecule has 4 aromatic rings. The quantitative estimate of drug-likeness (QED) is 0.221. The minimum Gasteiger partial charge on any atom is -0.464 e. The fraction of sp³-hybridized carbons (Fsp3) is 0.525. The van der Waals surface area contributed by atoms with Gasteiger partial charge in [-0.25, -0.2) is 10.4 Å². The number of pyridine rings is 1. The average Bonchev–Trinajstić information content (AvgIpc) is 3.42. The van der Waals surface area contributed by atoms with Crippen LogP contribution in [0, 0.1) is 23.2 Å².